The third-order valence-corrected chi connectivity index (χ3v) is 10.8. The predicted octanol–water partition coefficient (Wildman–Crippen LogP) is 7.43. The number of rotatable bonds is 25. The number of carbonyl (C=O) groups excluding carboxylic acids is 2. The van der Waals surface area contributed by atoms with Crippen molar-refractivity contribution in [2.75, 3.05) is 81.9 Å². The summed E-state index contributed by atoms with van der Waals surface area (Å²) in [4.78, 5) is 44.7. The molecule has 2 amide bonds. The number of carboxylic acid groups (broad SMARTS) is 1. The number of hydrogen-bond donors (Lipinski definition) is 3. The number of aliphatic carboxylic acids is 1. The molecule has 58 heavy (non-hydrogen) atoms. The molecule has 310 valence electrons. The number of aromatic nitrogens is 1. The van der Waals surface area contributed by atoms with Gasteiger partial charge in [0.25, 0.3) is 11.8 Å². The number of carboxylic acids is 1. The van der Waals surface area contributed by atoms with Crippen LogP contribution in [0, 0.1) is 0 Å². The van der Waals surface area contributed by atoms with Crippen molar-refractivity contribution in [2.24, 2.45) is 0 Å². The van der Waals surface area contributed by atoms with Gasteiger partial charge in [0.15, 0.2) is 0 Å². The molecule has 1 heterocycles. The first-order valence-electron chi connectivity index (χ1n) is 20.1. The van der Waals surface area contributed by atoms with Crippen molar-refractivity contribution in [3.05, 3.63) is 113 Å². The van der Waals surface area contributed by atoms with Crippen LogP contribution < -0.4 is 15.5 Å². The van der Waals surface area contributed by atoms with Crippen LogP contribution in [-0.2, 0) is 35.9 Å². The molecule has 1 aliphatic rings. The van der Waals surface area contributed by atoms with Crippen molar-refractivity contribution < 1.29 is 38.4 Å². The van der Waals surface area contributed by atoms with Gasteiger partial charge in [-0.1, -0.05) is 36.4 Å². The number of aryl methyl sites for hydroxylation is 1. The first kappa shape index (κ1) is 44.3. The molecule has 0 spiro atoms. The first-order chi connectivity index (χ1) is 28.4. The molecule has 4 aromatic rings. The number of nitrogens with one attached hydrogen (secondary N) is 2. The van der Waals surface area contributed by atoms with E-state index in [2.05, 4.69) is 46.5 Å². The van der Waals surface area contributed by atoms with Gasteiger partial charge in [-0.25, -0.2) is 0 Å². The molecule has 0 saturated carbocycles. The fraction of sp³-hybridized carbons (Fsp3) is 0.422. The first-order valence-corrected chi connectivity index (χ1v) is 21.3. The maximum atomic E-state index is 13.7. The highest BCUT2D eigenvalue weighted by atomic mass is 32.2. The number of hydrogen-bond acceptors (Lipinski definition) is 10. The van der Waals surface area contributed by atoms with Crippen molar-refractivity contribution in [3.8, 4) is 11.3 Å². The lowest BCUT2D eigenvalue weighted by molar-refractivity contribution is -0.138. The Morgan fingerprint density at radius 2 is 1.50 bits per heavy atom. The zero-order valence-electron chi connectivity index (χ0n) is 33.6. The Morgan fingerprint density at radius 1 is 0.793 bits per heavy atom. The van der Waals surface area contributed by atoms with Crippen molar-refractivity contribution in [2.45, 2.75) is 51.3 Å². The summed E-state index contributed by atoms with van der Waals surface area (Å²) >= 11 is 1.73. The summed E-state index contributed by atoms with van der Waals surface area (Å²) in [5.41, 5.74) is 7.51. The van der Waals surface area contributed by atoms with Gasteiger partial charge in [0.05, 0.1) is 76.7 Å². The number of carbonyl (C=O) groups is 3. The van der Waals surface area contributed by atoms with Gasteiger partial charge in [-0.15, -0.1) is 0 Å². The second kappa shape index (κ2) is 24.2. The summed E-state index contributed by atoms with van der Waals surface area (Å²) in [7, 11) is 0. The monoisotopic (exact) mass is 812 g/mol. The minimum Gasteiger partial charge on any atom is -0.481 e. The molecule has 3 aromatic carbocycles. The highest BCUT2D eigenvalue weighted by Crippen LogP contribution is 2.33. The highest BCUT2D eigenvalue weighted by Gasteiger charge is 2.23. The molecular formula is C45H56N4O8S. The Bertz CT molecular complexity index is 1920. The largest absolute Gasteiger partial charge is 0.481 e. The van der Waals surface area contributed by atoms with Gasteiger partial charge in [0.2, 0.25) is 0 Å². The van der Waals surface area contributed by atoms with E-state index < -0.39 is 5.97 Å². The van der Waals surface area contributed by atoms with Gasteiger partial charge in [0.1, 0.15) is 0 Å². The van der Waals surface area contributed by atoms with Crippen LogP contribution in [-0.4, -0.2) is 99.6 Å². The average Bonchev–Trinajstić information content (AvgIpc) is 3.24. The summed E-state index contributed by atoms with van der Waals surface area (Å²) in [6, 6.07) is 25.4. The Hall–Kier alpha value is -4.79. The number of anilines is 2. The Morgan fingerprint density at radius 3 is 2.24 bits per heavy atom. The van der Waals surface area contributed by atoms with E-state index in [-0.39, 0.29) is 30.9 Å². The molecule has 12 nitrogen and oxygen atoms in total. The Balaban J connectivity index is 1.12. The van der Waals surface area contributed by atoms with E-state index in [0.717, 1.165) is 60.7 Å². The van der Waals surface area contributed by atoms with Gasteiger partial charge in [0, 0.05) is 53.2 Å². The maximum Gasteiger partial charge on any atom is 0.305 e. The van der Waals surface area contributed by atoms with Gasteiger partial charge in [-0.3, -0.25) is 19.4 Å². The van der Waals surface area contributed by atoms with Gasteiger partial charge in [-0.2, -0.15) is 11.8 Å². The molecule has 0 bridgehead atoms. The second-order valence-electron chi connectivity index (χ2n) is 13.7. The fourth-order valence-corrected chi connectivity index (χ4v) is 7.52. The quantitative estimate of drug-likeness (QED) is 0.0574. The number of fused-ring (bicyclic) bond motifs is 1. The lowest BCUT2D eigenvalue weighted by Crippen LogP contribution is -2.31. The summed E-state index contributed by atoms with van der Waals surface area (Å²) in [6.07, 6.45) is 4.58. The van der Waals surface area contributed by atoms with Crippen LogP contribution in [0.2, 0.25) is 0 Å². The van der Waals surface area contributed by atoms with Gasteiger partial charge < -0.3 is 39.6 Å². The van der Waals surface area contributed by atoms with E-state index in [1.807, 2.05) is 54.6 Å². The van der Waals surface area contributed by atoms with Gasteiger partial charge in [-0.05, 0) is 92.3 Å². The number of ether oxygens (including phenoxy) is 4. The van der Waals surface area contributed by atoms with Crippen LogP contribution in [0.5, 0.6) is 0 Å². The number of pyridine rings is 1. The zero-order valence-corrected chi connectivity index (χ0v) is 34.4. The molecule has 0 saturated heterocycles. The third-order valence-electron chi connectivity index (χ3n) is 9.76. The molecule has 5 rings (SSSR count). The third kappa shape index (κ3) is 13.9. The van der Waals surface area contributed by atoms with Crippen molar-refractivity contribution in [1.82, 2.24) is 10.3 Å². The number of amides is 2. The molecule has 0 unspecified atom stereocenters. The molecule has 0 fully saturated rings. The minimum absolute atomic E-state index is 0.0140. The molecule has 3 N–H and O–H groups in total. The zero-order chi connectivity index (χ0) is 41.0. The normalized spacial score (nSPS) is 13.4. The van der Waals surface area contributed by atoms with Gasteiger partial charge >= 0.3 is 5.97 Å². The minimum atomic E-state index is -0.881. The fourth-order valence-electron chi connectivity index (χ4n) is 6.73. The highest BCUT2D eigenvalue weighted by molar-refractivity contribution is 7.98. The maximum absolute atomic E-state index is 13.7. The number of thioether (sulfide) groups is 1. The van der Waals surface area contributed by atoms with Crippen LogP contribution in [0.25, 0.3) is 11.3 Å². The predicted molar refractivity (Wildman–Crippen MR) is 229 cm³/mol. The number of benzene rings is 3. The molecule has 1 aliphatic carbocycles. The van der Waals surface area contributed by atoms with Crippen LogP contribution >= 0.6 is 11.8 Å². The summed E-state index contributed by atoms with van der Waals surface area (Å²) < 4.78 is 21.8. The lowest BCUT2D eigenvalue weighted by Gasteiger charge is -2.26. The van der Waals surface area contributed by atoms with Crippen molar-refractivity contribution in [1.29, 1.82) is 0 Å². The standard InChI is InChI=1S/C45H56N4O8S/c1-3-49(4-2)37-15-16-41(39(31-37)42-30-36(17-19-46-42)45(53)47-40-14-8-11-34-10-5-6-13-38(34)40)48-44(52)35-12-7-9-33(29-35)32-58-28-27-57-26-25-56-24-23-55-22-21-54-20-18-43(50)51/h5-7,9-10,12-13,15-17,19,29-31,40H,3-4,8,11,14,18,20-28,32H2,1-2H3,(H,47,53)(H,48,52)(H,50,51)/t40-/m0/s1. The molecule has 0 aliphatic heterocycles. The SMILES string of the molecule is CCN(CC)c1ccc(NC(=O)c2cccc(CSCCOCCOCCOCCOCCC(=O)O)c2)c(-c2cc(C(=O)N[C@H]3CCCc4ccccc43)ccn2)c1. The van der Waals surface area contributed by atoms with Crippen LogP contribution in [0.1, 0.15) is 76.6 Å². The van der Waals surface area contributed by atoms with Crippen LogP contribution in [0.4, 0.5) is 11.4 Å². The van der Waals surface area contributed by atoms with E-state index in [9.17, 15) is 14.4 Å². The average molecular weight is 813 g/mol. The summed E-state index contributed by atoms with van der Waals surface area (Å²) in [5.74, 6) is 0.259. The van der Waals surface area contributed by atoms with Crippen LogP contribution in [0.3, 0.4) is 0 Å². The molecule has 1 atom stereocenters. The lowest BCUT2D eigenvalue weighted by atomic mass is 9.87. The molecule has 13 heteroatoms. The Kier molecular flexibility index (Phi) is 18.5. The number of nitrogens with zero attached hydrogens (tertiary/aromatic N) is 2. The second-order valence-corrected chi connectivity index (χ2v) is 14.9. The summed E-state index contributed by atoms with van der Waals surface area (Å²) in [5, 5.41) is 15.0. The van der Waals surface area contributed by atoms with Crippen LogP contribution in [0.15, 0.2) is 85.1 Å². The van der Waals surface area contributed by atoms with E-state index in [1.54, 1.807) is 30.1 Å². The van der Waals surface area contributed by atoms with Crippen molar-refractivity contribution in [3.63, 3.8) is 0 Å². The molecule has 0 radical (unpaired) electrons. The van der Waals surface area contributed by atoms with E-state index in [1.165, 1.54) is 11.1 Å². The Labute approximate surface area is 346 Å². The van der Waals surface area contributed by atoms with E-state index in [4.69, 9.17) is 24.1 Å². The molecule has 1 aromatic heterocycles. The van der Waals surface area contributed by atoms with Crippen molar-refractivity contribution >= 4 is 40.9 Å². The van der Waals surface area contributed by atoms with E-state index >= 15 is 0 Å². The topological polar surface area (TPSA) is 149 Å². The molecular weight excluding hydrogens is 757 g/mol. The summed E-state index contributed by atoms with van der Waals surface area (Å²) in [6.45, 7) is 9.18. The smallest absolute Gasteiger partial charge is 0.305 e. The van der Waals surface area contributed by atoms with E-state index in [0.29, 0.717) is 68.8 Å².